The molecule has 1 aromatic heterocycles. The lowest BCUT2D eigenvalue weighted by Crippen LogP contribution is -2.03. The maximum absolute atomic E-state index is 14.2. The van der Waals surface area contributed by atoms with Crippen LogP contribution in [0.2, 0.25) is 0 Å². The van der Waals surface area contributed by atoms with Gasteiger partial charge in [-0.25, -0.2) is 23.7 Å². The second kappa shape index (κ2) is 8.66. The molecule has 9 heteroatoms. The van der Waals surface area contributed by atoms with E-state index >= 15 is 0 Å². The third kappa shape index (κ3) is 4.57. The van der Waals surface area contributed by atoms with Crippen LogP contribution in [0.15, 0.2) is 53.4 Å². The van der Waals surface area contributed by atoms with Crippen molar-refractivity contribution in [3.05, 3.63) is 82.4 Å². The minimum absolute atomic E-state index is 0.237. The van der Waals surface area contributed by atoms with Crippen molar-refractivity contribution in [1.29, 1.82) is 0 Å². The van der Waals surface area contributed by atoms with Crippen LogP contribution in [0.5, 0.6) is 0 Å². The summed E-state index contributed by atoms with van der Waals surface area (Å²) < 4.78 is 60.5. The summed E-state index contributed by atoms with van der Waals surface area (Å²) in [5.41, 5.74) is 3.36. The molecule has 0 spiro atoms. The Kier molecular flexibility index (Phi) is 6.01. The number of benzene rings is 3. The molecule has 174 valence electrons. The maximum atomic E-state index is 14.2. The van der Waals surface area contributed by atoms with Gasteiger partial charge in [-0.15, -0.1) is 0 Å². The summed E-state index contributed by atoms with van der Waals surface area (Å²) in [6.45, 7) is 6.59. The van der Waals surface area contributed by atoms with Crippen molar-refractivity contribution in [2.24, 2.45) is 0 Å². The quantitative estimate of drug-likeness (QED) is 0.380. The highest BCUT2D eigenvalue weighted by Crippen LogP contribution is 2.29. The molecule has 0 aliphatic rings. The van der Waals surface area contributed by atoms with Crippen molar-refractivity contribution in [3.8, 4) is 34.2 Å². The summed E-state index contributed by atoms with van der Waals surface area (Å²) in [5.74, 6) is 0.170. The first-order valence-electron chi connectivity index (χ1n) is 10.3. The molecule has 0 unspecified atom stereocenters. The van der Waals surface area contributed by atoms with E-state index in [0.29, 0.717) is 38.9 Å². The number of rotatable bonds is 4. The molecule has 3 aromatic carbocycles. The van der Waals surface area contributed by atoms with Gasteiger partial charge in [0.1, 0.15) is 11.6 Å². The van der Waals surface area contributed by atoms with Gasteiger partial charge in [0.05, 0.1) is 4.90 Å². The van der Waals surface area contributed by atoms with Crippen molar-refractivity contribution < 1.29 is 21.8 Å². The molecule has 0 aliphatic heterocycles. The van der Waals surface area contributed by atoms with Crippen LogP contribution < -0.4 is 0 Å². The van der Waals surface area contributed by atoms with E-state index in [-0.39, 0.29) is 34.0 Å². The average Bonchev–Trinajstić information content (AvgIpc) is 2.79. The van der Waals surface area contributed by atoms with Crippen LogP contribution in [0.4, 0.5) is 8.78 Å². The van der Waals surface area contributed by atoms with Gasteiger partial charge in [-0.2, -0.15) is 8.42 Å². The predicted molar refractivity (Wildman–Crippen MR) is 125 cm³/mol. The van der Waals surface area contributed by atoms with Gasteiger partial charge >= 0.3 is 0 Å². The second-order valence-corrected chi connectivity index (χ2v) is 9.58. The number of hydrogen-bond donors (Lipinski definition) is 1. The SMILES string of the molecule is Cc1cc(-c2nc(-c3ccc(S(=O)(=O)O)cc3)nc(-c3cc(C)c(F)c(C)c3)n2)cc(C)c1F. The molecule has 6 nitrogen and oxygen atoms in total. The Morgan fingerprint density at radius 2 is 0.941 bits per heavy atom. The van der Waals surface area contributed by atoms with Gasteiger partial charge in [0.25, 0.3) is 10.1 Å². The molecule has 0 radical (unpaired) electrons. The van der Waals surface area contributed by atoms with Gasteiger partial charge in [-0.1, -0.05) is 0 Å². The van der Waals surface area contributed by atoms with E-state index in [1.807, 2.05) is 0 Å². The number of aryl methyl sites for hydroxylation is 4. The topological polar surface area (TPSA) is 93.0 Å². The fraction of sp³-hybridized carbons (Fsp3) is 0.160. The highest BCUT2D eigenvalue weighted by Gasteiger charge is 2.17. The van der Waals surface area contributed by atoms with Crippen LogP contribution in [0.25, 0.3) is 34.2 Å². The fourth-order valence-electron chi connectivity index (χ4n) is 3.69. The van der Waals surface area contributed by atoms with Crippen LogP contribution in [0.1, 0.15) is 22.3 Å². The van der Waals surface area contributed by atoms with Gasteiger partial charge in [-0.05, 0) is 98.5 Å². The normalized spacial score (nSPS) is 11.6. The molecule has 0 saturated heterocycles. The third-order valence-electron chi connectivity index (χ3n) is 5.44. The Labute approximate surface area is 196 Å². The molecule has 4 aromatic rings. The highest BCUT2D eigenvalue weighted by molar-refractivity contribution is 7.85. The molecular weight excluding hydrogens is 460 g/mol. The first kappa shape index (κ1) is 23.6. The number of aromatic nitrogens is 3. The zero-order valence-corrected chi connectivity index (χ0v) is 19.7. The molecule has 1 heterocycles. The van der Waals surface area contributed by atoms with Crippen molar-refractivity contribution in [1.82, 2.24) is 15.0 Å². The highest BCUT2D eigenvalue weighted by atomic mass is 32.2. The maximum Gasteiger partial charge on any atom is 0.294 e. The Bertz CT molecular complexity index is 1410. The third-order valence-corrected chi connectivity index (χ3v) is 6.30. The summed E-state index contributed by atoms with van der Waals surface area (Å²) in [5, 5.41) is 0. The van der Waals surface area contributed by atoms with Crippen molar-refractivity contribution in [2.75, 3.05) is 0 Å². The molecule has 4 rings (SSSR count). The van der Waals surface area contributed by atoms with E-state index in [0.717, 1.165) is 0 Å². The van der Waals surface area contributed by atoms with E-state index < -0.39 is 10.1 Å². The average molecular weight is 482 g/mol. The molecule has 0 aliphatic carbocycles. The van der Waals surface area contributed by atoms with Crippen molar-refractivity contribution in [2.45, 2.75) is 32.6 Å². The number of nitrogens with zero attached hydrogens (tertiary/aromatic N) is 3. The Morgan fingerprint density at radius 3 is 1.26 bits per heavy atom. The lowest BCUT2D eigenvalue weighted by atomic mass is 10.0. The van der Waals surface area contributed by atoms with Crippen LogP contribution in [0, 0.1) is 39.3 Å². The summed E-state index contributed by atoms with van der Waals surface area (Å²) >= 11 is 0. The molecule has 0 saturated carbocycles. The standard InChI is InChI=1S/C25H21F2N3O3S/c1-13-9-18(10-14(2)21(13)26)24-28-23(17-5-7-20(8-6-17)34(31,32)33)29-25(30-24)19-11-15(3)22(27)16(4)12-19/h5-12H,1-4H3,(H,31,32,33). The van der Waals surface area contributed by atoms with Crippen LogP contribution in [-0.4, -0.2) is 27.9 Å². The van der Waals surface area contributed by atoms with Gasteiger partial charge in [0.2, 0.25) is 0 Å². The summed E-state index contributed by atoms with van der Waals surface area (Å²) in [6, 6.07) is 11.9. The van der Waals surface area contributed by atoms with E-state index in [1.165, 1.54) is 24.3 Å². The summed E-state index contributed by atoms with van der Waals surface area (Å²) in [7, 11) is -4.36. The molecule has 1 N–H and O–H groups in total. The largest absolute Gasteiger partial charge is 0.294 e. The second-order valence-electron chi connectivity index (χ2n) is 8.15. The molecule has 0 amide bonds. The predicted octanol–water partition coefficient (Wildman–Crippen LogP) is 5.63. The van der Waals surface area contributed by atoms with Crippen LogP contribution in [0.3, 0.4) is 0 Å². The van der Waals surface area contributed by atoms with Crippen molar-refractivity contribution in [3.63, 3.8) is 0 Å². The fourth-order valence-corrected chi connectivity index (χ4v) is 4.17. The first-order valence-corrected chi connectivity index (χ1v) is 11.8. The zero-order valence-electron chi connectivity index (χ0n) is 18.9. The Balaban J connectivity index is 1.95. The van der Waals surface area contributed by atoms with Crippen LogP contribution >= 0.6 is 0 Å². The Morgan fingerprint density at radius 1 is 0.618 bits per heavy atom. The van der Waals surface area contributed by atoms with Crippen molar-refractivity contribution >= 4 is 10.1 Å². The minimum atomic E-state index is -4.36. The van der Waals surface area contributed by atoms with Crippen LogP contribution in [-0.2, 0) is 10.1 Å². The minimum Gasteiger partial charge on any atom is -0.282 e. The van der Waals surface area contributed by atoms with Gasteiger partial charge in [-0.3, -0.25) is 4.55 Å². The lowest BCUT2D eigenvalue weighted by molar-refractivity contribution is 0.483. The van der Waals surface area contributed by atoms with E-state index in [1.54, 1.807) is 52.0 Å². The summed E-state index contributed by atoms with van der Waals surface area (Å²) in [4.78, 5) is 13.4. The number of hydrogen-bond acceptors (Lipinski definition) is 5. The smallest absolute Gasteiger partial charge is 0.282 e. The molecule has 34 heavy (non-hydrogen) atoms. The lowest BCUT2D eigenvalue weighted by Gasteiger charge is -2.11. The first-order chi connectivity index (χ1) is 15.9. The van der Waals surface area contributed by atoms with Gasteiger partial charge < -0.3 is 0 Å². The monoisotopic (exact) mass is 481 g/mol. The summed E-state index contributed by atoms with van der Waals surface area (Å²) in [6.07, 6.45) is 0. The number of halogens is 2. The van der Waals surface area contributed by atoms with E-state index in [9.17, 15) is 21.8 Å². The van der Waals surface area contributed by atoms with E-state index in [4.69, 9.17) is 0 Å². The zero-order chi connectivity index (χ0) is 24.8. The van der Waals surface area contributed by atoms with E-state index in [2.05, 4.69) is 15.0 Å². The Hall–Kier alpha value is -3.56. The van der Waals surface area contributed by atoms with Gasteiger partial charge in [0, 0.05) is 16.7 Å². The molecule has 0 bridgehead atoms. The molecule has 0 fully saturated rings. The molecular formula is C25H21F2N3O3S. The van der Waals surface area contributed by atoms with Gasteiger partial charge in [0.15, 0.2) is 17.5 Å². The molecule has 0 atom stereocenters.